The lowest BCUT2D eigenvalue weighted by Gasteiger charge is -2.04. The van der Waals surface area contributed by atoms with Crippen LogP contribution in [0.2, 0.25) is 0 Å². The van der Waals surface area contributed by atoms with Crippen LogP contribution in [-0.4, -0.2) is 15.0 Å². The lowest BCUT2D eigenvalue weighted by atomic mass is 10.1. The van der Waals surface area contributed by atoms with Gasteiger partial charge in [0.25, 0.3) is 0 Å². The maximum absolute atomic E-state index is 5.70. The highest BCUT2D eigenvalue weighted by atomic mass is 79.9. The van der Waals surface area contributed by atoms with Crippen LogP contribution in [0.4, 0.5) is 5.95 Å². The number of nitrogen functional groups attached to an aromatic ring is 1. The highest BCUT2D eigenvalue weighted by Gasteiger charge is 2.05. The number of halogens is 1. The van der Waals surface area contributed by atoms with Crippen LogP contribution in [0.15, 0.2) is 28.7 Å². The molecule has 0 unspecified atom stereocenters. The quantitative estimate of drug-likeness (QED) is 0.943. The number of aromatic nitrogens is 3. The number of hydrogen-bond donors (Lipinski definition) is 1. The molecule has 0 radical (unpaired) electrons. The van der Waals surface area contributed by atoms with Crippen LogP contribution in [0, 0.1) is 0 Å². The summed E-state index contributed by atoms with van der Waals surface area (Å²) in [4.78, 5) is 12.7. The van der Waals surface area contributed by atoms with Gasteiger partial charge in [-0.05, 0) is 24.1 Å². The van der Waals surface area contributed by atoms with E-state index in [1.165, 1.54) is 0 Å². The molecular formula is C13H15BrN4. The van der Waals surface area contributed by atoms with Crippen molar-refractivity contribution >= 4 is 21.9 Å². The Morgan fingerprint density at radius 1 is 1.06 bits per heavy atom. The maximum Gasteiger partial charge on any atom is 0.223 e. The second-order valence-corrected chi connectivity index (χ2v) is 4.99. The Morgan fingerprint density at radius 2 is 1.72 bits per heavy atom. The molecule has 5 heteroatoms. The van der Waals surface area contributed by atoms with Gasteiger partial charge in [-0.1, -0.05) is 35.0 Å². The SMILES string of the molecule is CCCc1nc(N)nc(Cc2ccc(Br)cc2)n1. The molecule has 0 bridgehead atoms. The average molecular weight is 307 g/mol. The Kier molecular flexibility index (Phi) is 4.25. The van der Waals surface area contributed by atoms with E-state index in [1.54, 1.807) is 0 Å². The van der Waals surface area contributed by atoms with Gasteiger partial charge in [0.2, 0.25) is 5.95 Å². The fourth-order valence-electron chi connectivity index (χ4n) is 1.69. The molecule has 0 amide bonds. The molecule has 2 rings (SSSR count). The van der Waals surface area contributed by atoms with Crippen molar-refractivity contribution in [3.05, 3.63) is 46.0 Å². The van der Waals surface area contributed by atoms with Crippen molar-refractivity contribution in [2.45, 2.75) is 26.2 Å². The maximum atomic E-state index is 5.70. The first-order chi connectivity index (χ1) is 8.67. The smallest absolute Gasteiger partial charge is 0.223 e. The number of rotatable bonds is 4. The fraction of sp³-hybridized carbons (Fsp3) is 0.308. The third kappa shape index (κ3) is 3.50. The Bertz CT molecular complexity index is 525. The Labute approximate surface area is 115 Å². The molecule has 0 aliphatic heterocycles. The second-order valence-electron chi connectivity index (χ2n) is 4.08. The Hall–Kier alpha value is -1.49. The van der Waals surface area contributed by atoms with Crippen LogP contribution in [0.3, 0.4) is 0 Å². The molecule has 0 fully saturated rings. The van der Waals surface area contributed by atoms with Gasteiger partial charge in [-0.15, -0.1) is 0 Å². The molecule has 94 valence electrons. The van der Waals surface area contributed by atoms with Crippen molar-refractivity contribution in [2.24, 2.45) is 0 Å². The molecule has 0 spiro atoms. The van der Waals surface area contributed by atoms with Gasteiger partial charge in [-0.3, -0.25) is 0 Å². The predicted octanol–water partition coefficient (Wildman–Crippen LogP) is 2.76. The van der Waals surface area contributed by atoms with Gasteiger partial charge < -0.3 is 5.73 Å². The van der Waals surface area contributed by atoms with Crippen LogP contribution in [0.1, 0.15) is 30.6 Å². The highest BCUT2D eigenvalue weighted by Crippen LogP contribution is 2.13. The lowest BCUT2D eigenvalue weighted by molar-refractivity contribution is 0.792. The van der Waals surface area contributed by atoms with Crippen molar-refractivity contribution in [1.29, 1.82) is 0 Å². The Morgan fingerprint density at radius 3 is 2.39 bits per heavy atom. The predicted molar refractivity (Wildman–Crippen MR) is 75.2 cm³/mol. The molecule has 0 saturated carbocycles. The number of nitrogens with two attached hydrogens (primary N) is 1. The van der Waals surface area contributed by atoms with Crippen molar-refractivity contribution in [2.75, 3.05) is 5.73 Å². The van der Waals surface area contributed by atoms with E-state index in [9.17, 15) is 0 Å². The molecule has 0 aliphatic carbocycles. The topological polar surface area (TPSA) is 64.7 Å². The molecule has 18 heavy (non-hydrogen) atoms. The van der Waals surface area contributed by atoms with Crippen LogP contribution < -0.4 is 5.73 Å². The molecule has 1 aromatic carbocycles. The summed E-state index contributed by atoms with van der Waals surface area (Å²) in [6.07, 6.45) is 2.51. The second kappa shape index (κ2) is 5.91. The minimum atomic E-state index is 0.306. The van der Waals surface area contributed by atoms with Gasteiger partial charge in [0.05, 0.1) is 0 Å². The number of anilines is 1. The third-order valence-electron chi connectivity index (χ3n) is 2.49. The number of aryl methyl sites for hydroxylation is 1. The van der Waals surface area contributed by atoms with Gasteiger partial charge in [0, 0.05) is 17.3 Å². The molecule has 1 heterocycles. The minimum absolute atomic E-state index is 0.306. The summed E-state index contributed by atoms with van der Waals surface area (Å²) in [5.41, 5.74) is 6.86. The summed E-state index contributed by atoms with van der Waals surface area (Å²) < 4.78 is 1.06. The molecule has 0 atom stereocenters. The van der Waals surface area contributed by atoms with Crippen LogP contribution in [-0.2, 0) is 12.8 Å². The summed E-state index contributed by atoms with van der Waals surface area (Å²) in [7, 11) is 0. The number of hydrogen-bond acceptors (Lipinski definition) is 4. The zero-order valence-corrected chi connectivity index (χ0v) is 11.8. The van der Waals surface area contributed by atoms with Gasteiger partial charge in [-0.2, -0.15) is 9.97 Å². The van der Waals surface area contributed by atoms with E-state index in [0.29, 0.717) is 12.4 Å². The van der Waals surface area contributed by atoms with Gasteiger partial charge >= 0.3 is 0 Å². The van der Waals surface area contributed by atoms with Gasteiger partial charge in [-0.25, -0.2) is 4.98 Å². The zero-order chi connectivity index (χ0) is 13.0. The molecule has 2 N–H and O–H groups in total. The molecular weight excluding hydrogens is 292 g/mol. The summed E-state index contributed by atoms with van der Waals surface area (Å²) in [5.74, 6) is 1.81. The Balaban J connectivity index is 2.20. The first-order valence-corrected chi connectivity index (χ1v) is 6.70. The van der Waals surface area contributed by atoms with Crippen LogP contribution in [0.25, 0.3) is 0 Å². The van der Waals surface area contributed by atoms with E-state index in [0.717, 1.165) is 34.5 Å². The largest absolute Gasteiger partial charge is 0.368 e. The van der Waals surface area contributed by atoms with E-state index in [-0.39, 0.29) is 0 Å². The minimum Gasteiger partial charge on any atom is -0.368 e. The van der Waals surface area contributed by atoms with E-state index in [1.807, 2.05) is 24.3 Å². The highest BCUT2D eigenvalue weighted by molar-refractivity contribution is 9.10. The van der Waals surface area contributed by atoms with Gasteiger partial charge in [0.15, 0.2) is 0 Å². The summed E-state index contributed by atoms with van der Waals surface area (Å²) in [6.45, 7) is 2.09. The first-order valence-electron chi connectivity index (χ1n) is 5.91. The fourth-order valence-corrected chi connectivity index (χ4v) is 1.95. The molecule has 0 saturated heterocycles. The summed E-state index contributed by atoms with van der Waals surface area (Å²) >= 11 is 3.41. The average Bonchev–Trinajstić information content (AvgIpc) is 2.32. The summed E-state index contributed by atoms with van der Waals surface area (Å²) in [6, 6.07) is 8.10. The van der Waals surface area contributed by atoms with E-state index < -0.39 is 0 Å². The zero-order valence-electron chi connectivity index (χ0n) is 10.2. The van der Waals surface area contributed by atoms with Gasteiger partial charge in [0.1, 0.15) is 11.6 Å². The van der Waals surface area contributed by atoms with E-state index in [4.69, 9.17) is 5.73 Å². The normalized spacial score (nSPS) is 10.6. The van der Waals surface area contributed by atoms with Crippen molar-refractivity contribution in [1.82, 2.24) is 15.0 Å². The van der Waals surface area contributed by atoms with Crippen molar-refractivity contribution in [3.63, 3.8) is 0 Å². The van der Waals surface area contributed by atoms with Crippen LogP contribution >= 0.6 is 15.9 Å². The first kappa shape index (κ1) is 13.0. The van der Waals surface area contributed by atoms with E-state index >= 15 is 0 Å². The van der Waals surface area contributed by atoms with E-state index in [2.05, 4.69) is 37.8 Å². The molecule has 2 aromatic rings. The lowest BCUT2D eigenvalue weighted by Crippen LogP contribution is -2.07. The molecule has 4 nitrogen and oxygen atoms in total. The standard InChI is InChI=1S/C13H15BrN4/c1-2-3-11-16-12(18-13(15)17-11)8-9-4-6-10(14)7-5-9/h4-7H,2-3,8H2,1H3,(H2,15,16,17,18). The van der Waals surface area contributed by atoms with Crippen molar-refractivity contribution in [3.8, 4) is 0 Å². The van der Waals surface area contributed by atoms with Crippen molar-refractivity contribution < 1.29 is 0 Å². The molecule has 0 aliphatic rings. The third-order valence-corrected chi connectivity index (χ3v) is 3.02. The number of nitrogens with zero attached hydrogens (tertiary/aromatic N) is 3. The monoisotopic (exact) mass is 306 g/mol. The van der Waals surface area contributed by atoms with Crippen LogP contribution in [0.5, 0.6) is 0 Å². The molecule has 1 aromatic heterocycles. The number of benzene rings is 1. The summed E-state index contributed by atoms with van der Waals surface area (Å²) in [5, 5.41) is 0.